The minimum Gasteiger partial charge on any atom is -0.328 e. The standard InChI is InChI=1S/C13H16N2/c1-9-7-15-8-12-6-11(5-10(2)14)3-4-13(9)12/h3-4,6-8,10H,5,14H2,1-2H3. The average Bonchev–Trinajstić information content (AvgIpc) is 2.17. The molecule has 0 saturated heterocycles. The van der Waals surface area contributed by atoms with Crippen molar-refractivity contribution in [3.63, 3.8) is 0 Å². The van der Waals surface area contributed by atoms with Crippen molar-refractivity contribution >= 4 is 10.8 Å². The van der Waals surface area contributed by atoms with Crippen molar-refractivity contribution in [2.24, 2.45) is 5.73 Å². The second-order valence-corrected chi connectivity index (χ2v) is 4.19. The van der Waals surface area contributed by atoms with E-state index in [1.807, 2.05) is 19.3 Å². The highest BCUT2D eigenvalue weighted by atomic mass is 14.6. The molecule has 2 aromatic rings. The van der Waals surface area contributed by atoms with Gasteiger partial charge in [-0.05, 0) is 42.8 Å². The Bertz CT molecular complexity index is 475. The topological polar surface area (TPSA) is 38.9 Å². The third-order valence-corrected chi connectivity index (χ3v) is 2.58. The van der Waals surface area contributed by atoms with Crippen molar-refractivity contribution in [1.29, 1.82) is 0 Å². The lowest BCUT2D eigenvalue weighted by atomic mass is 10.0. The van der Waals surface area contributed by atoms with E-state index >= 15 is 0 Å². The molecule has 0 aliphatic carbocycles. The van der Waals surface area contributed by atoms with Crippen molar-refractivity contribution in [2.45, 2.75) is 26.3 Å². The molecule has 1 aromatic heterocycles. The predicted molar refractivity (Wildman–Crippen MR) is 63.8 cm³/mol. The van der Waals surface area contributed by atoms with Crippen LogP contribution in [0.2, 0.25) is 0 Å². The van der Waals surface area contributed by atoms with E-state index < -0.39 is 0 Å². The third kappa shape index (κ3) is 2.16. The average molecular weight is 200 g/mol. The van der Waals surface area contributed by atoms with Crippen LogP contribution in [0.4, 0.5) is 0 Å². The maximum atomic E-state index is 5.78. The van der Waals surface area contributed by atoms with E-state index in [0.29, 0.717) is 0 Å². The van der Waals surface area contributed by atoms with Crippen molar-refractivity contribution in [1.82, 2.24) is 4.98 Å². The number of rotatable bonds is 2. The van der Waals surface area contributed by atoms with Gasteiger partial charge in [-0.15, -0.1) is 0 Å². The number of aryl methyl sites for hydroxylation is 1. The van der Waals surface area contributed by atoms with Crippen molar-refractivity contribution in [2.75, 3.05) is 0 Å². The molecule has 0 radical (unpaired) electrons. The van der Waals surface area contributed by atoms with Crippen LogP contribution in [0, 0.1) is 6.92 Å². The van der Waals surface area contributed by atoms with E-state index in [0.717, 1.165) is 6.42 Å². The molecule has 0 aliphatic heterocycles. The van der Waals surface area contributed by atoms with E-state index in [-0.39, 0.29) is 6.04 Å². The predicted octanol–water partition coefficient (Wildman–Crippen LogP) is 2.43. The van der Waals surface area contributed by atoms with Crippen molar-refractivity contribution in [3.05, 3.63) is 41.7 Å². The molecule has 78 valence electrons. The van der Waals surface area contributed by atoms with Crippen LogP contribution in [-0.2, 0) is 6.42 Å². The van der Waals surface area contributed by atoms with Gasteiger partial charge in [-0.2, -0.15) is 0 Å². The van der Waals surface area contributed by atoms with E-state index in [4.69, 9.17) is 5.73 Å². The number of fused-ring (bicyclic) bond motifs is 1. The van der Waals surface area contributed by atoms with Crippen molar-refractivity contribution in [3.8, 4) is 0 Å². The second kappa shape index (κ2) is 3.99. The maximum Gasteiger partial charge on any atom is 0.0346 e. The zero-order valence-electron chi connectivity index (χ0n) is 9.20. The fourth-order valence-corrected chi connectivity index (χ4v) is 1.88. The molecular weight excluding hydrogens is 184 g/mol. The fraction of sp³-hybridized carbons (Fsp3) is 0.308. The lowest BCUT2D eigenvalue weighted by molar-refractivity contribution is 0.739. The smallest absolute Gasteiger partial charge is 0.0346 e. The zero-order chi connectivity index (χ0) is 10.8. The van der Waals surface area contributed by atoms with Gasteiger partial charge >= 0.3 is 0 Å². The molecule has 1 atom stereocenters. The highest BCUT2D eigenvalue weighted by Gasteiger charge is 2.01. The van der Waals surface area contributed by atoms with Gasteiger partial charge < -0.3 is 5.73 Å². The lowest BCUT2D eigenvalue weighted by Gasteiger charge is -2.07. The van der Waals surface area contributed by atoms with Gasteiger partial charge in [0.1, 0.15) is 0 Å². The van der Waals surface area contributed by atoms with Crippen LogP contribution in [-0.4, -0.2) is 11.0 Å². The summed E-state index contributed by atoms with van der Waals surface area (Å²) in [5.41, 5.74) is 8.29. The minimum absolute atomic E-state index is 0.209. The number of aromatic nitrogens is 1. The third-order valence-electron chi connectivity index (χ3n) is 2.58. The Morgan fingerprint density at radius 1 is 1.33 bits per heavy atom. The summed E-state index contributed by atoms with van der Waals surface area (Å²) in [6.45, 7) is 4.11. The summed E-state index contributed by atoms with van der Waals surface area (Å²) >= 11 is 0. The van der Waals surface area contributed by atoms with Crippen LogP contribution in [0.3, 0.4) is 0 Å². The summed E-state index contributed by atoms with van der Waals surface area (Å²) in [5.74, 6) is 0. The van der Waals surface area contributed by atoms with Gasteiger partial charge in [0, 0.05) is 23.8 Å². The summed E-state index contributed by atoms with van der Waals surface area (Å²) in [5, 5.41) is 2.48. The molecule has 15 heavy (non-hydrogen) atoms. The molecule has 2 heteroatoms. The van der Waals surface area contributed by atoms with Crippen LogP contribution in [0.15, 0.2) is 30.6 Å². The van der Waals surface area contributed by atoms with E-state index in [2.05, 4.69) is 30.1 Å². The SMILES string of the molecule is Cc1cncc2cc(CC(C)N)ccc12. The first-order valence-corrected chi connectivity index (χ1v) is 5.25. The van der Waals surface area contributed by atoms with Gasteiger partial charge in [0.15, 0.2) is 0 Å². The summed E-state index contributed by atoms with van der Waals surface area (Å²) < 4.78 is 0. The molecule has 2 nitrogen and oxygen atoms in total. The van der Waals surface area contributed by atoms with Crippen LogP contribution < -0.4 is 5.73 Å². The first kappa shape index (κ1) is 10.1. The largest absolute Gasteiger partial charge is 0.328 e. The molecule has 1 aromatic carbocycles. The fourth-order valence-electron chi connectivity index (χ4n) is 1.88. The van der Waals surface area contributed by atoms with Crippen LogP contribution >= 0.6 is 0 Å². The zero-order valence-corrected chi connectivity index (χ0v) is 9.20. The Morgan fingerprint density at radius 3 is 2.87 bits per heavy atom. The number of benzene rings is 1. The number of nitrogens with two attached hydrogens (primary N) is 1. The Balaban J connectivity index is 2.48. The first-order valence-electron chi connectivity index (χ1n) is 5.25. The Hall–Kier alpha value is -1.41. The molecular formula is C13H16N2. The second-order valence-electron chi connectivity index (χ2n) is 4.19. The number of hydrogen-bond donors (Lipinski definition) is 1. The summed E-state index contributed by atoms with van der Waals surface area (Å²) in [4.78, 5) is 4.20. The number of nitrogens with zero attached hydrogens (tertiary/aromatic N) is 1. The first-order chi connectivity index (χ1) is 7.16. The van der Waals surface area contributed by atoms with Gasteiger partial charge in [0.2, 0.25) is 0 Å². The normalized spacial score (nSPS) is 13.0. The molecule has 1 heterocycles. The molecule has 2 rings (SSSR count). The molecule has 0 fully saturated rings. The van der Waals surface area contributed by atoms with Crippen molar-refractivity contribution < 1.29 is 0 Å². The lowest BCUT2D eigenvalue weighted by Crippen LogP contribution is -2.17. The van der Waals surface area contributed by atoms with Gasteiger partial charge in [0.05, 0.1) is 0 Å². The summed E-state index contributed by atoms with van der Waals surface area (Å²) in [6, 6.07) is 6.70. The minimum atomic E-state index is 0.209. The van der Waals surface area contributed by atoms with Crippen LogP contribution in [0.25, 0.3) is 10.8 Å². The Kier molecular flexibility index (Phi) is 2.69. The quantitative estimate of drug-likeness (QED) is 0.808. The summed E-state index contributed by atoms with van der Waals surface area (Å²) in [6.07, 6.45) is 4.73. The van der Waals surface area contributed by atoms with E-state index in [1.165, 1.54) is 21.9 Å². The molecule has 2 N–H and O–H groups in total. The molecule has 0 saturated carbocycles. The van der Waals surface area contributed by atoms with E-state index in [9.17, 15) is 0 Å². The number of pyridine rings is 1. The van der Waals surface area contributed by atoms with E-state index in [1.54, 1.807) is 0 Å². The van der Waals surface area contributed by atoms with Crippen LogP contribution in [0.5, 0.6) is 0 Å². The highest BCUT2D eigenvalue weighted by Crippen LogP contribution is 2.18. The van der Waals surface area contributed by atoms with Gasteiger partial charge in [-0.3, -0.25) is 4.98 Å². The highest BCUT2D eigenvalue weighted by molar-refractivity contribution is 5.85. The maximum absolute atomic E-state index is 5.78. The van der Waals surface area contributed by atoms with Gasteiger partial charge in [0.25, 0.3) is 0 Å². The molecule has 1 unspecified atom stereocenters. The molecule has 0 aliphatic rings. The summed E-state index contributed by atoms with van der Waals surface area (Å²) in [7, 11) is 0. The van der Waals surface area contributed by atoms with Crippen LogP contribution in [0.1, 0.15) is 18.1 Å². The Morgan fingerprint density at radius 2 is 2.13 bits per heavy atom. The van der Waals surface area contributed by atoms with Gasteiger partial charge in [-0.25, -0.2) is 0 Å². The molecule has 0 amide bonds. The number of hydrogen-bond acceptors (Lipinski definition) is 2. The molecule has 0 spiro atoms. The van der Waals surface area contributed by atoms with Gasteiger partial charge in [-0.1, -0.05) is 12.1 Å². The molecule has 0 bridgehead atoms. The monoisotopic (exact) mass is 200 g/mol. The Labute approximate surface area is 90.1 Å².